The third kappa shape index (κ3) is 7.34. The molecule has 21 atom stereocenters. The predicted octanol–water partition coefficient (Wildman–Crippen LogP) is -2.44. The lowest BCUT2D eigenvalue weighted by molar-refractivity contribution is -0.369. The molecule has 10 N–H and O–H groups in total. The number of hydrogen-bond donors (Lipinski definition) is 10. The maximum atomic E-state index is 14.0. The van der Waals surface area contributed by atoms with Crippen LogP contribution >= 0.6 is 0 Å². The Morgan fingerprint density at radius 2 is 1.36 bits per heavy atom. The fourth-order valence-corrected chi connectivity index (χ4v) is 10.3. The van der Waals surface area contributed by atoms with Crippen LogP contribution in [0.3, 0.4) is 0 Å². The van der Waals surface area contributed by atoms with Gasteiger partial charge in [0.2, 0.25) is 6.29 Å². The molecule has 6 fully saturated rings. The number of aliphatic hydroxyl groups excluding tert-OH is 10. The first-order chi connectivity index (χ1) is 25.0. The van der Waals surface area contributed by atoms with Crippen LogP contribution in [0, 0.1) is 28.6 Å². The van der Waals surface area contributed by atoms with E-state index in [0.29, 0.717) is 32.1 Å². The number of rotatable bonds is 8. The lowest BCUT2D eigenvalue weighted by atomic mass is 9.44. The minimum absolute atomic E-state index is 0.0181. The van der Waals surface area contributed by atoms with Crippen LogP contribution < -0.4 is 0 Å². The first kappa shape index (κ1) is 41.2. The van der Waals surface area contributed by atoms with E-state index < -0.39 is 128 Å². The van der Waals surface area contributed by atoms with Gasteiger partial charge in [-0.05, 0) is 81.1 Å². The molecule has 0 aromatic rings. The van der Waals surface area contributed by atoms with Crippen molar-refractivity contribution in [3.8, 4) is 0 Å². The number of aliphatic hydroxyl groups is 10. The van der Waals surface area contributed by atoms with E-state index in [-0.39, 0.29) is 17.8 Å². The molecule has 3 saturated heterocycles. The molecular weight excluding hydrogens is 704 g/mol. The summed E-state index contributed by atoms with van der Waals surface area (Å²) in [7, 11) is 0. The molecule has 0 spiro atoms. The number of carbonyl (C=O) groups is 1. The van der Waals surface area contributed by atoms with Crippen LogP contribution in [0.1, 0.15) is 65.7 Å². The lowest BCUT2D eigenvalue weighted by Crippen LogP contribution is -2.64. The Labute approximate surface area is 308 Å². The van der Waals surface area contributed by atoms with Gasteiger partial charge in [0.25, 0.3) is 0 Å². The lowest BCUT2D eigenvalue weighted by Gasteiger charge is -2.61. The summed E-state index contributed by atoms with van der Waals surface area (Å²) in [6.45, 7) is 8.48. The summed E-state index contributed by atoms with van der Waals surface area (Å²) in [6, 6.07) is 0. The monoisotopic (exact) mass is 762 g/mol. The second kappa shape index (κ2) is 15.9. The van der Waals surface area contributed by atoms with Gasteiger partial charge in [-0.3, -0.25) is 4.79 Å². The third-order valence-corrected chi connectivity index (χ3v) is 13.4. The Balaban J connectivity index is 1.20. The van der Waals surface area contributed by atoms with Crippen molar-refractivity contribution in [2.45, 2.75) is 164 Å². The first-order valence-corrected chi connectivity index (χ1v) is 18.8. The van der Waals surface area contributed by atoms with Gasteiger partial charge in [-0.1, -0.05) is 19.9 Å². The van der Waals surface area contributed by atoms with Gasteiger partial charge in [-0.2, -0.15) is 0 Å². The van der Waals surface area contributed by atoms with E-state index in [2.05, 4.69) is 13.5 Å². The molecule has 0 bridgehead atoms. The summed E-state index contributed by atoms with van der Waals surface area (Å²) < 4.78 is 35.2. The molecule has 3 saturated carbocycles. The van der Waals surface area contributed by atoms with Gasteiger partial charge in [0.05, 0.1) is 30.8 Å². The Hall–Kier alpha value is -1.39. The van der Waals surface area contributed by atoms with Gasteiger partial charge < -0.3 is 79.5 Å². The number of hydrogen-bond acceptors (Lipinski definition) is 17. The summed E-state index contributed by atoms with van der Waals surface area (Å²) in [5, 5.41) is 104. The molecule has 3 aliphatic carbocycles. The molecule has 53 heavy (non-hydrogen) atoms. The second-order valence-electron chi connectivity index (χ2n) is 16.6. The van der Waals surface area contributed by atoms with Crippen LogP contribution in [-0.4, -0.2) is 168 Å². The zero-order valence-electron chi connectivity index (χ0n) is 30.4. The smallest absolute Gasteiger partial charge is 0.314 e. The van der Waals surface area contributed by atoms with E-state index >= 15 is 0 Å². The summed E-state index contributed by atoms with van der Waals surface area (Å²) >= 11 is 0. The molecule has 304 valence electrons. The molecule has 0 aromatic heterocycles. The number of esters is 1. The van der Waals surface area contributed by atoms with Crippen molar-refractivity contribution < 1.29 is 84.3 Å². The SMILES string of the molecule is C=C1CC2CCC3[C@](C)(C(=O)OC4OC(CO)C(O)C(O)C4O)CCC[C@@]3(C)[C@@H]2CC1OC1OC(CO)C(O)C(O)C1OC1OC(C)C(O)C(O)C1O. The van der Waals surface area contributed by atoms with Gasteiger partial charge in [-0.25, -0.2) is 0 Å². The highest BCUT2D eigenvalue weighted by molar-refractivity contribution is 5.77. The quantitative estimate of drug-likeness (QED) is 0.0699. The molecule has 0 aromatic carbocycles. The topological polar surface area (TPSA) is 275 Å². The van der Waals surface area contributed by atoms with E-state index in [1.165, 1.54) is 6.92 Å². The Kier molecular flexibility index (Phi) is 12.3. The molecule has 3 aliphatic heterocycles. The largest absolute Gasteiger partial charge is 0.432 e. The summed E-state index contributed by atoms with van der Waals surface area (Å²) in [5.74, 6) is -0.545. The minimum Gasteiger partial charge on any atom is -0.432 e. The average Bonchev–Trinajstić information content (AvgIpc) is 3.12. The zero-order chi connectivity index (χ0) is 38.7. The van der Waals surface area contributed by atoms with Crippen LogP contribution in [0.25, 0.3) is 0 Å². The first-order valence-electron chi connectivity index (χ1n) is 18.8. The van der Waals surface area contributed by atoms with Crippen molar-refractivity contribution in [2.75, 3.05) is 13.2 Å². The minimum atomic E-state index is -1.72. The van der Waals surface area contributed by atoms with E-state index in [9.17, 15) is 55.9 Å². The molecule has 3 heterocycles. The van der Waals surface area contributed by atoms with Crippen molar-refractivity contribution in [2.24, 2.45) is 28.6 Å². The van der Waals surface area contributed by atoms with Crippen LogP contribution in [-0.2, 0) is 33.2 Å². The normalized spacial score (nSPS) is 53.4. The van der Waals surface area contributed by atoms with Crippen LogP contribution in [0.5, 0.6) is 0 Å². The summed E-state index contributed by atoms with van der Waals surface area (Å²) in [6.07, 6.45) is -18.5. The molecule has 0 amide bonds. The standard InChI is InChI=1S/C36H58O17/c1-14-10-16-6-7-21-35(3,8-5-9-36(21,4)34(47)53-32-29(46)26(43)23(40)19(12-37)50-32)17(16)11-18(14)49-33-30(27(44)24(41)20(13-38)51-33)52-31-28(45)25(42)22(39)15(2)48-31/h15-33,37-46H,1,5-13H2,2-4H3/t15?,16?,17-,18?,19?,20?,21?,22?,23?,24?,25?,26?,27?,28?,29?,30?,31?,32?,33?,35+,36-/m1/s1. The maximum absolute atomic E-state index is 14.0. The fraction of sp³-hybridized carbons (Fsp3) is 0.917. The van der Waals surface area contributed by atoms with Crippen molar-refractivity contribution >= 4 is 5.97 Å². The molecular formula is C36H58O17. The van der Waals surface area contributed by atoms with E-state index in [0.717, 1.165) is 18.4 Å². The fourth-order valence-electron chi connectivity index (χ4n) is 10.3. The molecule has 0 radical (unpaired) electrons. The molecule has 18 unspecified atom stereocenters. The van der Waals surface area contributed by atoms with E-state index in [1.807, 2.05) is 6.92 Å². The van der Waals surface area contributed by atoms with Crippen molar-refractivity contribution in [1.29, 1.82) is 0 Å². The van der Waals surface area contributed by atoms with Crippen LogP contribution in [0.2, 0.25) is 0 Å². The van der Waals surface area contributed by atoms with Gasteiger partial charge in [0, 0.05) is 0 Å². The van der Waals surface area contributed by atoms with Crippen LogP contribution in [0.15, 0.2) is 12.2 Å². The van der Waals surface area contributed by atoms with E-state index in [4.69, 9.17) is 28.4 Å². The van der Waals surface area contributed by atoms with Crippen LogP contribution in [0.4, 0.5) is 0 Å². The highest BCUT2D eigenvalue weighted by Crippen LogP contribution is 2.64. The summed E-state index contributed by atoms with van der Waals surface area (Å²) in [4.78, 5) is 14.0. The van der Waals surface area contributed by atoms with Gasteiger partial charge in [0.15, 0.2) is 12.6 Å². The van der Waals surface area contributed by atoms with Gasteiger partial charge in [0.1, 0.15) is 67.1 Å². The molecule has 17 heteroatoms. The second-order valence-corrected chi connectivity index (χ2v) is 16.6. The van der Waals surface area contributed by atoms with Gasteiger partial charge >= 0.3 is 5.97 Å². The maximum Gasteiger partial charge on any atom is 0.314 e. The number of fused-ring (bicyclic) bond motifs is 3. The third-order valence-electron chi connectivity index (χ3n) is 13.4. The average molecular weight is 763 g/mol. The predicted molar refractivity (Wildman–Crippen MR) is 178 cm³/mol. The summed E-state index contributed by atoms with van der Waals surface area (Å²) in [5.41, 5.74) is -0.636. The van der Waals surface area contributed by atoms with E-state index in [1.54, 1.807) is 0 Å². The number of carbonyl (C=O) groups excluding carboxylic acids is 1. The Morgan fingerprint density at radius 3 is 2.02 bits per heavy atom. The highest BCUT2D eigenvalue weighted by Gasteiger charge is 2.61. The molecule has 17 nitrogen and oxygen atoms in total. The van der Waals surface area contributed by atoms with Crippen molar-refractivity contribution in [3.05, 3.63) is 12.2 Å². The number of ether oxygens (including phenoxy) is 6. The highest BCUT2D eigenvalue weighted by atomic mass is 16.8. The molecule has 6 rings (SSSR count). The zero-order valence-corrected chi connectivity index (χ0v) is 30.4. The Morgan fingerprint density at radius 1 is 0.755 bits per heavy atom. The van der Waals surface area contributed by atoms with Crippen molar-refractivity contribution in [1.82, 2.24) is 0 Å². The van der Waals surface area contributed by atoms with Gasteiger partial charge in [-0.15, -0.1) is 0 Å². The molecule has 6 aliphatic rings. The Bertz CT molecular complexity index is 1300. The van der Waals surface area contributed by atoms with Crippen molar-refractivity contribution in [3.63, 3.8) is 0 Å².